The zero-order chi connectivity index (χ0) is 24.1. The van der Waals surface area contributed by atoms with Crippen LogP contribution in [0, 0.1) is 12.8 Å². The summed E-state index contributed by atoms with van der Waals surface area (Å²) >= 11 is 0. The molecule has 0 saturated carbocycles. The highest BCUT2D eigenvalue weighted by atomic mass is 32.2. The average molecular weight is 470 g/mol. The van der Waals surface area contributed by atoms with E-state index in [-0.39, 0.29) is 17.7 Å². The molecule has 3 heterocycles. The third-order valence-electron chi connectivity index (χ3n) is 6.38. The molecule has 0 N–H and O–H groups in total. The normalized spacial score (nSPS) is 16.5. The predicted molar refractivity (Wildman–Crippen MR) is 129 cm³/mol. The van der Waals surface area contributed by atoms with E-state index in [1.54, 1.807) is 12.3 Å². The lowest BCUT2D eigenvalue weighted by Gasteiger charge is -2.38. The van der Waals surface area contributed by atoms with E-state index in [0.717, 1.165) is 22.4 Å². The number of imidazole rings is 1. The topological polar surface area (TPSA) is 98.0 Å². The van der Waals surface area contributed by atoms with Gasteiger partial charge in [-0.05, 0) is 37.0 Å². The second kappa shape index (κ2) is 8.52. The highest BCUT2D eigenvalue weighted by molar-refractivity contribution is 7.90. The van der Waals surface area contributed by atoms with E-state index in [2.05, 4.69) is 33.3 Å². The fourth-order valence-electron chi connectivity index (χ4n) is 4.72. The summed E-state index contributed by atoms with van der Waals surface area (Å²) in [6.07, 6.45) is 3.92. The molecule has 0 unspecified atom stereocenters. The number of carbonyl (C=O) groups is 1. The highest BCUT2D eigenvalue weighted by Crippen LogP contribution is 2.37. The fraction of sp³-hybridized carbons (Fsp3) is 0.500. The Morgan fingerprint density at radius 1 is 1.18 bits per heavy atom. The molecule has 1 aromatic carbocycles. The molecule has 0 spiro atoms. The largest absolute Gasteiger partial charge is 0.329 e. The molecule has 4 rings (SSSR count). The van der Waals surface area contributed by atoms with Gasteiger partial charge in [-0.15, -0.1) is 0 Å². The van der Waals surface area contributed by atoms with Gasteiger partial charge in [0.2, 0.25) is 5.95 Å². The Balaban J connectivity index is 1.84. The number of anilines is 1. The molecule has 1 atom stereocenters. The van der Waals surface area contributed by atoms with Crippen molar-refractivity contribution in [3.05, 3.63) is 41.0 Å². The summed E-state index contributed by atoms with van der Waals surface area (Å²) in [5, 5.41) is 0. The number of sulfone groups is 1. The minimum Gasteiger partial charge on any atom is -0.329 e. The number of aromatic nitrogens is 4. The molecule has 0 amide bonds. The summed E-state index contributed by atoms with van der Waals surface area (Å²) in [4.78, 5) is 28.9. The number of Topliss-reactive ketones (excluding diaryl/α,β-unsaturated/α-hetero) is 1. The first-order valence-electron chi connectivity index (χ1n) is 11.4. The number of rotatable bonds is 6. The van der Waals surface area contributed by atoms with Gasteiger partial charge in [-0.1, -0.05) is 27.7 Å². The van der Waals surface area contributed by atoms with Gasteiger partial charge in [0.15, 0.2) is 15.6 Å². The maximum Gasteiger partial charge on any atom is 0.226 e. The van der Waals surface area contributed by atoms with E-state index in [4.69, 9.17) is 4.98 Å². The number of fused-ring (bicyclic) bond motifs is 3. The Morgan fingerprint density at radius 3 is 2.48 bits per heavy atom. The van der Waals surface area contributed by atoms with Crippen LogP contribution in [0.1, 0.15) is 67.6 Å². The minimum absolute atomic E-state index is 0.0355. The standard InChI is InChI=1S/C24H31N5O3S/c1-7-16-11-18-19(12-21(16)33(6,31)32)28-9-10-29(22(14(3)4)23(28)27-18)24-25-13-17(15(5)26-24)20(30)8-2/h11-14,22H,7-10H2,1-6H3/t22-/m0/s1. The molecule has 0 saturated heterocycles. The minimum atomic E-state index is -3.34. The van der Waals surface area contributed by atoms with Gasteiger partial charge in [0.05, 0.1) is 33.2 Å². The summed E-state index contributed by atoms with van der Waals surface area (Å²) in [6.45, 7) is 11.2. The second-order valence-corrected chi connectivity index (χ2v) is 11.0. The first-order valence-corrected chi connectivity index (χ1v) is 13.3. The van der Waals surface area contributed by atoms with E-state index in [9.17, 15) is 13.2 Å². The Labute approximate surface area is 195 Å². The van der Waals surface area contributed by atoms with Crippen LogP contribution in [0.4, 0.5) is 5.95 Å². The van der Waals surface area contributed by atoms with Crippen LogP contribution < -0.4 is 4.90 Å². The summed E-state index contributed by atoms with van der Waals surface area (Å²) < 4.78 is 26.9. The molecule has 8 nitrogen and oxygen atoms in total. The zero-order valence-electron chi connectivity index (χ0n) is 20.1. The molecular weight excluding hydrogens is 438 g/mol. The van der Waals surface area contributed by atoms with Crippen LogP contribution in [0.2, 0.25) is 0 Å². The number of hydrogen-bond donors (Lipinski definition) is 0. The number of hydrogen-bond acceptors (Lipinski definition) is 7. The fourth-order valence-corrected chi connectivity index (χ4v) is 5.73. The van der Waals surface area contributed by atoms with E-state index in [1.807, 2.05) is 26.8 Å². The van der Waals surface area contributed by atoms with Gasteiger partial charge >= 0.3 is 0 Å². The van der Waals surface area contributed by atoms with Gasteiger partial charge in [0, 0.05) is 32.0 Å². The third kappa shape index (κ3) is 4.03. The Kier molecular flexibility index (Phi) is 6.03. The summed E-state index contributed by atoms with van der Waals surface area (Å²) in [6, 6.07) is 3.61. The van der Waals surface area contributed by atoms with Crippen LogP contribution in [0.25, 0.3) is 11.0 Å². The SMILES string of the molecule is CCC(=O)c1cnc(N2CCn3c(nc4cc(CC)c(S(C)(=O)=O)cc43)[C@@H]2C(C)C)nc1C. The van der Waals surface area contributed by atoms with Crippen molar-refractivity contribution in [2.24, 2.45) is 5.92 Å². The summed E-state index contributed by atoms with van der Waals surface area (Å²) in [5.74, 6) is 1.71. The zero-order valence-corrected chi connectivity index (χ0v) is 20.9. The Bertz CT molecular complexity index is 1340. The quantitative estimate of drug-likeness (QED) is 0.505. The number of benzene rings is 1. The molecule has 3 aromatic rings. The van der Waals surface area contributed by atoms with Crippen LogP contribution in [-0.4, -0.2) is 46.5 Å². The molecular formula is C24H31N5O3S. The summed E-state index contributed by atoms with van der Waals surface area (Å²) in [5.41, 5.74) is 3.68. The molecule has 2 aromatic heterocycles. The van der Waals surface area contributed by atoms with Crippen LogP contribution >= 0.6 is 0 Å². The molecule has 0 bridgehead atoms. The van der Waals surface area contributed by atoms with Gasteiger partial charge in [0.1, 0.15) is 5.82 Å². The van der Waals surface area contributed by atoms with Gasteiger partial charge in [-0.2, -0.15) is 0 Å². The molecule has 33 heavy (non-hydrogen) atoms. The second-order valence-electron chi connectivity index (χ2n) is 9.02. The van der Waals surface area contributed by atoms with Crippen molar-refractivity contribution in [3.8, 4) is 0 Å². The smallest absolute Gasteiger partial charge is 0.226 e. The van der Waals surface area contributed by atoms with Crippen LogP contribution in [0.5, 0.6) is 0 Å². The molecule has 1 aliphatic rings. The van der Waals surface area contributed by atoms with E-state index >= 15 is 0 Å². The van der Waals surface area contributed by atoms with Crippen LogP contribution in [-0.2, 0) is 22.8 Å². The van der Waals surface area contributed by atoms with Crippen molar-refractivity contribution in [2.45, 2.75) is 64.9 Å². The Morgan fingerprint density at radius 2 is 1.91 bits per heavy atom. The van der Waals surface area contributed by atoms with Crippen molar-refractivity contribution >= 4 is 32.6 Å². The van der Waals surface area contributed by atoms with Gasteiger partial charge in [-0.3, -0.25) is 4.79 Å². The number of ketones is 1. The molecule has 1 aliphatic heterocycles. The third-order valence-corrected chi connectivity index (χ3v) is 7.56. The molecule has 0 aliphatic carbocycles. The molecule has 0 radical (unpaired) electrons. The average Bonchev–Trinajstić information content (AvgIpc) is 3.13. The first-order chi connectivity index (χ1) is 15.6. The monoisotopic (exact) mass is 469 g/mol. The number of aryl methyl sites for hydroxylation is 2. The van der Waals surface area contributed by atoms with Gasteiger partial charge < -0.3 is 9.47 Å². The first kappa shape index (κ1) is 23.4. The number of carbonyl (C=O) groups excluding carboxylic acids is 1. The predicted octanol–water partition coefficient (Wildman–Crippen LogP) is 3.91. The van der Waals surface area contributed by atoms with Gasteiger partial charge in [-0.25, -0.2) is 23.4 Å². The lowest BCUT2D eigenvalue weighted by atomic mass is 10.00. The van der Waals surface area contributed by atoms with E-state index < -0.39 is 9.84 Å². The Hall–Kier alpha value is -2.81. The summed E-state index contributed by atoms with van der Waals surface area (Å²) in [7, 11) is -3.34. The van der Waals surface area contributed by atoms with Crippen molar-refractivity contribution < 1.29 is 13.2 Å². The molecule has 9 heteroatoms. The lowest BCUT2D eigenvalue weighted by Crippen LogP contribution is -2.42. The maximum absolute atomic E-state index is 12.4. The van der Waals surface area contributed by atoms with Crippen LogP contribution in [0.15, 0.2) is 23.2 Å². The molecule has 0 fully saturated rings. The van der Waals surface area contributed by atoms with Crippen molar-refractivity contribution in [2.75, 3.05) is 17.7 Å². The lowest BCUT2D eigenvalue weighted by molar-refractivity contribution is 0.0986. The van der Waals surface area contributed by atoms with E-state index in [0.29, 0.717) is 48.0 Å². The number of nitrogens with zero attached hydrogens (tertiary/aromatic N) is 5. The van der Waals surface area contributed by atoms with Crippen LogP contribution in [0.3, 0.4) is 0 Å². The van der Waals surface area contributed by atoms with E-state index in [1.165, 1.54) is 6.26 Å². The maximum atomic E-state index is 12.4. The van der Waals surface area contributed by atoms with Crippen molar-refractivity contribution in [1.29, 1.82) is 0 Å². The molecule has 176 valence electrons. The van der Waals surface area contributed by atoms with Crippen molar-refractivity contribution in [1.82, 2.24) is 19.5 Å². The van der Waals surface area contributed by atoms with Gasteiger partial charge in [0.25, 0.3) is 0 Å². The highest BCUT2D eigenvalue weighted by Gasteiger charge is 2.35. The van der Waals surface area contributed by atoms with Crippen molar-refractivity contribution in [3.63, 3.8) is 0 Å².